The van der Waals surface area contributed by atoms with Crippen molar-refractivity contribution >= 4 is 16.9 Å². The minimum absolute atomic E-state index is 0.122. The van der Waals surface area contributed by atoms with Crippen LogP contribution >= 0.6 is 0 Å². The molecule has 5 atom stereocenters. The molecule has 2 heterocycles. The smallest absolute Gasteiger partial charge is 0.338 e. The molecule has 1 aromatic heterocycles. The maximum absolute atomic E-state index is 13.5. The predicted molar refractivity (Wildman–Crippen MR) is 142 cm³/mol. The van der Waals surface area contributed by atoms with E-state index < -0.39 is 88.6 Å². The topological polar surface area (TPSA) is 257 Å². The molecular weight excluding hydrogens is 576 g/mol. The van der Waals surface area contributed by atoms with Crippen LogP contribution in [-0.4, -0.2) is 89.2 Å². The molecule has 3 unspecified atom stereocenters. The highest BCUT2D eigenvalue weighted by molar-refractivity contribution is 5.91. The van der Waals surface area contributed by atoms with Gasteiger partial charge >= 0.3 is 5.97 Å². The summed E-state index contributed by atoms with van der Waals surface area (Å²) >= 11 is 0. The van der Waals surface area contributed by atoms with E-state index in [9.17, 15) is 55.5 Å². The summed E-state index contributed by atoms with van der Waals surface area (Å²) in [6.45, 7) is -0.761. The molecule has 4 aromatic rings. The third-order valence-corrected chi connectivity index (χ3v) is 6.63. The monoisotopic (exact) mass is 600 g/mol. The van der Waals surface area contributed by atoms with E-state index in [1.54, 1.807) is 0 Å². The van der Waals surface area contributed by atoms with Crippen LogP contribution in [0.3, 0.4) is 0 Å². The molecule has 3 aromatic carbocycles. The molecular formula is C28H24O15. The fourth-order valence-corrected chi connectivity index (χ4v) is 4.41. The Bertz CT molecular complexity index is 1720. The predicted octanol–water partition coefficient (Wildman–Crippen LogP) is 0.737. The van der Waals surface area contributed by atoms with E-state index in [2.05, 4.69) is 0 Å². The fraction of sp³-hybridized carbons (Fsp3) is 0.214. The number of rotatable bonds is 6. The van der Waals surface area contributed by atoms with Gasteiger partial charge in [-0.2, -0.15) is 0 Å². The lowest BCUT2D eigenvalue weighted by molar-refractivity contribution is -0.277. The van der Waals surface area contributed by atoms with Crippen molar-refractivity contribution < 1.29 is 69.4 Å². The van der Waals surface area contributed by atoms with Crippen molar-refractivity contribution in [2.75, 3.05) is 6.61 Å². The summed E-state index contributed by atoms with van der Waals surface area (Å²) in [5.41, 5.74) is -1.43. The number of carbonyl (C=O) groups excluding carboxylic acids is 1. The van der Waals surface area contributed by atoms with Crippen molar-refractivity contribution in [3.63, 3.8) is 0 Å². The van der Waals surface area contributed by atoms with E-state index in [0.29, 0.717) is 0 Å². The van der Waals surface area contributed by atoms with Crippen molar-refractivity contribution in [1.29, 1.82) is 0 Å². The van der Waals surface area contributed by atoms with Gasteiger partial charge in [-0.25, -0.2) is 4.79 Å². The molecule has 1 fully saturated rings. The second kappa shape index (κ2) is 11.2. The average molecular weight is 600 g/mol. The number of aliphatic hydroxyl groups excluding tert-OH is 3. The molecule has 0 radical (unpaired) electrons. The van der Waals surface area contributed by atoms with E-state index in [-0.39, 0.29) is 28.2 Å². The number of hydrogen-bond donors (Lipinski definition) is 9. The number of fused-ring (bicyclic) bond motifs is 1. The van der Waals surface area contributed by atoms with Gasteiger partial charge in [-0.1, -0.05) is 0 Å². The van der Waals surface area contributed by atoms with Crippen LogP contribution in [-0.2, 0) is 9.47 Å². The van der Waals surface area contributed by atoms with Crippen molar-refractivity contribution in [1.82, 2.24) is 0 Å². The van der Waals surface area contributed by atoms with Gasteiger partial charge in [0.05, 0.1) is 5.56 Å². The number of phenols is 6. The Kier molecular flexibility index (Phi) is 7.64. The molecule has 226 valence electrons. The zero-order chi connectivity index (χ0) is 31.2. The molecule has 9 N–H and O–H groups in total. The number of ether oxygens (including phenoxy) is 3. The first kappa shape index (κ1) is 29.3. The van der Waals surface area contributed by atoms with Crippen molar-refractivity contribution in [2.45, 2.75) is 30.7 Å². The third kappa shape index (κ3) is 5.52. The Labute approximate surface area is 239 Å². The zero-order valence-electron chi connectivity index (χ0n) is 21.7. The van der Waals surface area contributed by atoms with Crippen LogP contribution in [0.1, 0.15) is 10.4 Å². The quantitative estimate of drug-likeness (QED) is 0.109. The first-order valence-corrected chi connectivity index (χ1v) is 12.5. The number of hydrogen-bond acceptors (Lipinski definition) is 15. The summed E-state index contributed by atoms with van der Waals surface area (Å²) in [5, 5.41) is 89.8. The van der Waals surface area contributed by atoms with Gasteiger partial charge in [0, 0.05) is 17.7 Å². The van der Waals surface area contributed by atoms with Crippen LogP contribution in [0.15, 0.2) is 57.7 Å². The van der Waals surface area contributed by atoms with Gasteiger partial charge in [0.15, 0.2) is 23.0 Å². The molecule has 15 heteroatoms. The summed E-state index contributed by atoms with van der Waals surface area (Å²) < 4.78 is 22.0. The molecule has 1 saturated heterocycles. The largest absolute Gasteiger partial charge is 0.508 e. The summed E-state index contributed by atoms with van der Waals surface area (Å²) in [5.74, 6) is -5.74. The van der Waals surface area contributed by atoms with Gasteiger partial charge < -0.3 is 64.6 Å². The van der Waals surface area contributed by atoms with Crippen LogP contribution in [0.4, 0.5) is 0 Å². The van der Waals surface area contributed by atoms with E-state index in [0.717, 1.165) is 24.3 Å². The molecule has 0 amide bonds. The number of esters is 1. The molecule has 15 nitrogen and oxygen atoms in total. The normalized spacial score (nSPS) is 21.9. The van der Waals surface area contributed by atoms with Gasteiger partial charge in [-0.15, -0.1) is 0 Å². The standard InChI is InChI=1S/C28H24O15/c29-12-3-1-10(2-4-12)25-26(22(36)19-14(31)7-13(30)8-17(19)41-25)43-28-24(38)23(37)21(35)18(42-28)9-40-27(39)11-5-15(32)20(34)16(33)6-11/h1-8,18,21,23-24,28-35,37-38H,9H2/t18?,21-,23?,24?,28-/m0/s1. The molecule has 1 aliphatic rings. The molecule has 5 rings (SSSR count). The van der Waals surface area contributed by atoms with Gasteiger partial charge in [-0.3, -0.25) is 4.79 Å². The van der Waals surface area contributed by atoms with Crippen molar-refractivity contribution in [2.24, 2.45) is 0 Å². The van der Waals surface area contributed by atoms with Crippen LogP contribution in [0.2, 0.25) is 0 Å². The number of benzene rings is 3. The minimum atomic E-state index is -1.97. The number of aromatic hydroxyl groups is 6. The second-order valence-corrected chi connectivity index (χ2v) is 9.57. The van der Waals surface area contributed by atoms with Crippen molar-refractivity contribution in [3.05, 3.63) is 64.3 Å². The summed E-state index contributed by atoms with van der Waals surface area (Å²) in [4.78, 5) is 26.0. The summed E-state index contributed by atoms with van der Waals surface area (Å²) in [6, 6.07) is 8.81. The Morgan fingerprint density at radius 1 is 0.791 bits per heavy atom. The first-order valence-electron chi connectivity index (χ1n) is 12.5. The maximum Gasteiger partial charge on any atom is 0.338 e. The summed E-state index contributed by atoms with van der Waals surface area (Å²) in [6.07, 6.45) is -9.19. The maximum atomic E-state index is 13.5. The number of phenolic OH excluding ortho intramolecular Hbond substituents is 6. The molecule has 43 heavy (non-hydrogen) atoms. The lowest BCUT2D eigenvalue weighted by atomic mass is 9.99. The highest BCUT2D eigenvalue weighted by Gasteiger charge is 2.46. The van der Waals surface area contributed by atoms with Crippen LogP contribution in [0.5, 0.6) is 40.2 Å². The Hall–Kier alpha value is -5.22. The van der Waals surface area contributed by atoms with E-state index in [1.165, 1.54) is 24.3 Å². The molecule has 0 saturated carbocycles. The van der Waals surface area contributed by atoms with Gasteiger partial charge in [-0.05, 0) is 36.4 Å². The highest BCUT2D eigenvalue weighted by Crippen LogP contribution is 2.38. The zero-order valence-corrected chi connectivity index (χ0v) is 21.7. The Morgan fingerprint density at radius 2 is 1.44 bits per heavy atom. The molecule has 1 aliphatic heterocycles. The lowest BCUT2D eigenvalue weighted by Gasteiger charge is -2.39. The minimum Gasteiger partial charge on any atom is -0.508 e. The van der Waals surface area contributed by atoms with Crippen LogP contribution in [0.25, 0.3) is 22.3 Å². The lowest BCUT2D eigenvalue weighted by Crippen LogP contribution is -2.60. The Balaban J connectivity index is 1.47. The van der Waals surface area contributed by atoms with Gasteiger partial charge in [0.1, 0.15) is 59.2 Å². The van der Waals surface area contributed by atoms with Gasteiger partial charge in [0.2, 0.25) is 17.5 Å². The fourth-order valence-electron chi connectivity index (χ4n) is 4.41. The SMILES string of the molecule is O=C(OCC1O[C@@H](Oc2c(-c3ccc(O)cc3)oc3cc(O)cc(O)c3c2=O)C(O)C(O)[C@H]1O)c1cc(O)c(O)c(O)c1. The number of aliphatic hydroxyl groups is 3. The second-order valence-electron chi connectivity index (χ2n) is 9.57. The summed E-state index contributed by atoms with van der Waals surface area (Å²) in [7, 11) is 0. The molecule has 0 spiro atoms. The van der Waals surface area contributed by atoms with Crippen LogP contribution in [0, 0.1) is 0 Å². The molecule has 0 aliphatic carbocycles. The third-order valence-electron chi connectivity index (χ3n) is 6.63. The average Bonchev–Trinajstić information content (AvgIpc) is 2.96. The van der Waals surface area contributed by atoms with E-state index >= 15 is 0 Å². The van der Waals surface area contributed by atoms with E-state index in [4.69, 9.17) is 18.6 Å². The van der Waals surface area contributed by atoms with Crippen LogP contribution < -0.4 is 10.2 Å². The molecule has 0 bridgehead atoms. The highest BCUT2D eigenvalue weighted by atomic mass is 16.7. The van der Waals surface area contributed by atoms with Gasteiger partial charge in [0.25, 0.3) is 0 Å². The van der Waals surface area contributed by atoms with E-state index in [1.807, 2.05) is 0 Å². The number of carbonyl (C=O) groups is 1. The first-order chi connectivity index (χ1) is 20.3. The Morgan fingerprint density at radius 3 is 2.09 bits per heavy atom. The van der Waals surface area contributed by atoms with Crippen molar-refractivity contribution in [3.8, 4) is 51.6 Å².